The molecule has 0 aromatic heterocycles. The molecule has 0 heterocycles. The van der Waals surface area contributed by atoms with Gasteiger partial charge in [-0.15, -0.1) is 20.2 Å². The Bertz CT molecular complexity index is 436. The molecule has 110 valence electrons. The fourth-order valence-corrected chi connectivity index (χ4v) is 0.576. The molecule has 0 radical (unpaired) electrons. The standard InChI is InChI=1S/C8H8N2O10/c1-5(7(11)19-9(13)14)3-17-18-4-6(2)8(12)20-10(15)16/h3-4H,1-2H3/b5-3+,6-4+. The Morgan fingerprint density at radius 1 is 0.850 bits per heavy atom. The van der Waals surface area contributed by atoms with Crippen molar-refractivity contribution in [2.24, 2.45) is 0 Å². The molecule has 12 nitrogen and oxygen atoms in total. The van der Waals surface area contributed by atoms with E-state index in [9.17, 15) is 29.8 Å². The molecule has 0 aromatic carbocycles. The van der Waals surface area contributed by atoms with Gasteiger partial charge in [-0.3, -0.25) is 19.4 Å². The highest BCUT2D eigenvalue weighted by Crippen LogP contribution is 2.01. The lowest BCUT2D eigenvalue weighted by atomic mass is 10.3. The second kappa shape index (κ2) is 8.02. The Balaban J connectivity index is 4.29. The van der Waals surface area contributed by atoms with Gasteiger partial charge in [-0.25, -0.2) is 9.68 Å². The molecule has 0 saturated carbocycles. The molecule has 0 aliphatic heterocycles. The van der Waals surface area contributed by atoms with E-state index in [1.165, 1.54) is 0 Å². The predicted octanol–water partition coefficient (Wildman–Crippen LogP) is 0.212. The number of nitrogens with zero attached hydrogens (tertiary/aromatic N) is 2. The van der Waals surface area contributed by atoms with Gasteiger partial charge in [-0.2, -0.15) is 0 Å². The zero-order valence-electron chi connectivity index (χ0n) is 10.1. The number of rotatable bonds is 7. The van der Waals surface area contributed by atoms with Crippen LogP contribution in [-0.4, -0.2) is 22.1 Å². The van der Waals surface area contributed by atoms with Crippen LogP contribution in [0, 0.1) is 20.2 Å². The van der Waals surface area contributed by atoms with Crippen LogP contribution in [0.4, 0.5) is 0 Å². The molecule has 0 atom stereocenters. The first kappa shape index (κ1) is 16.8. The van der Waals surface area contributed by atoms with Gasteiger partial charge in [0.1, 0.15) is 0 Å². The Kier molecular flexibility index (Phi) is 6.74. The van der Waals surface area contributed by atoms with E-state index in [2.05, 4.69) is 19.5 Å². The van der Waals surface area contributed by atoms with Crippen molar-refractivity contribution in [2.45, 2.75) is 13.8 Å². The maximum absolute atomic E-state index is 10.9. The molecule has 0 spiro atoms. The third-order valence-corrected chi connectivity index (χ3v) is 1.46. The van der Waals surface area contributed by atoms with Crippen molar-refractivity contribution in [1.29, 1.82) is 0 Å². The van der Waals surface area contributed by atoms with Crippen LogP contribution >= 0.6 is 0 Å². The zero-order chi connectivity index (χ0) is 15.7. The van der Waals surface area contributed by atoms with Crippen LogP contribution in [-0.2, 0) is 29.0 Å². The van der Waals surface area contributed by atoms with Gasteiger partial charge in [-0.1, -0.05) is 0 Å². The van der Waals surface area contributed by atoms with Crippen molar-refractivity contribution in [1.82, 2.24) is 0 Å². The molecule has 0 aliphatic rings. The Hall–Kier alpha value is -3.18. The highest BCUT2D eigenvalue weighted by molar-refractivity contribution is 5.87. The summed E-state index contributed by atoms with van der Waals surface area (Å²) in [7, 11) is 0. The van der Waals surface area contributed by atoms with Crippen LogP contribution < -0.4 is 0 Å². The van der Waals surface area contributed by atoms with Gasteiger partial charge < -0.3 is 0 Å². The molecule has 12 heteroatoms. The van der Waals surface area contributed by atoms with Crippen LogP contribution in [0.3, 0.4) is 0 Å². The summed E-state index contributed by atoms with van der Waals surface area (Å²) in [6.45, 7) is 2.26. The number of carbonyl (C=O) groups is 2. The summed E-state index contributed by atoms with van der Waals surface area (Å²) in [4.78, 5) is 57.2. The van der Waals surface area contributed by atoms with Gasteiger partial charge >= 0.3 is 22.1 Å². The van der Waals surface area contributed by atoms with E-state index in [-0.39, 0.29) is 11.1 Å². The Morgan fingerprint density at radius 3 is 1.40 bits per heavy atom. The molecule has 0 aliphatic carbocycles. The van der Waals surface area contributed by atoms with Crippen LogP contribution in [0.5, 0.6) is 0 Å². The Morgan fingerprint density at radius 2 is 1.15 bits per heavy atom. The molecule has 0 unspecified atom stereocenters. The second-order valence-corrected chi connectivity index (χ2v) is 3.00. The number of hydrogen-bond acceptors (Lipinski definition) is 10. The van der Waals surface area contributed by atoms with E-state index in [1.807, 2.05) is 0 Å². The average molecular weight is 292 g/mol. The molecule has 0 fully saturated rings. The topological polar surface area (TPSA) is 157 Å². The van der Waals surface area contributed by atoms with Crippen LogP contribution in [0.2, 0.25) is 0 Å². The highest BCUT2D eigenvalue weighted by atomic mass is 17.2. The average Bonchev–Trinajstić information content (AvgIpc) is 2.32. The molecule has 20 heavy (non-hydrogen) atoms. The summed E-state index contributed by atoms with van der Waals surface area (Å²) in [5, 5.41) is 17.1. The van der Waals surface area contributed by atoms with E-state index in [0.717, 1.165) is 13.8 Å². The van der Waals surface area contributed by atoms with E-state index in [1.54, 1.807) is 0 Å². The molecule has 0 saturated heterocycles. The fraction of sp³-hybridized carbons (Fsp3) is 0.250. The first-order chi connectivity index (χ1) is 9.23. The van der Waals surface area contributed by atoms with E-state index in [0.29, 0.717) is 12.5 Å². The van der Waals surface area contributed by atoms with Crippen molar-refractivity contribution >= 4 is 11.9 Å². The van der Waals surface area contributed by atoms with Gasteiger partial charge in [0.05, 0.1) is 11.1 Å². The maximum Gasteiger partial charge on any atom is 0.333 e. The van der Waals surface area contributed by atoms with Crippen LogP contribution in [0.25, 0.3) is 0 Å². The third-order valence-electron chi connectivity index (χ3n) is 1.46. The minimum atomic E-state index is -1.31. The quantitative estimate of drug-likeness (QED) is 0.158. The summed E-state index contributed by atoms with van der Waals surface area (Å²) in [6, 6.07) is 0. The van der Waals surface area contributed by atoms with E-state index < -0.39 is 22.1 Å². The maximum atomic E-state index is 10.9. The van der Waals surface area contributed by atoms with Crippen molar-refractivity contribution in [3.63, 3.8) is 0 Å². The van der Waals surface area contributed by atoms with Crippen LogP contribution in [0.1, 0.15) is 13.8 Å². The predicted molar refractivity (Wildman–Crippen MR) is 55.9 cm³/mol. The van der Waals surface area contributed by atoms with Gasteiger partial charge in [0, 0.05) is 0 Å². The lowest BCUT2D eigenvalue weighted by molar-refractivity contribution is -0.728. The first-order valence-corrected chi connectivity index (χ1v) is 4.63. The third kappa shape index (κ3) is 7.21. The molecule has 0 rings (SSSR count). The SMILES string of the molecule is C/C(=C\OO/C=C(\C)C(=O)O[N+](=O)[O-])C(=O)O[N+](=O)[O-]. The lowest BCUT2D eigenvalue weighted by Crippen LogP contribution is -2.11. The summed E-state index contributed by atoms with van der Waals surface area (Å²) >= 11 is 0. The second-order valence-electron chi connectivity index (χ2n) is 3.00. The van der Waals surface area contributed by atoms with E-state index in [4.69, 9.17) is 0 Å². The smallest absolute Gasteiger partial charge is 0.298 e. The monoisotopic (exact) mass is 292 g/mol. The fourth-order valence-electron chi connectivity index (χ4n) is 0.576. The van der Waals surface area contributed by atoms with Crippen LogP contribution in [0.15, 0.2) is 23.7 Å². The Labute approximate surface area is 110 Å². The van der Waals surface area contributed by atoms with Crippen molar-refractivity contribution in [3.05, 3.63) is 43.9 Å². The minimum Gasteiger partial charge on any atom is -0.298 e. The minimum absolute atomic E-state index is 0.305. The van der Waals surface area contributed by atoms with E-state index >= 15 is 0 Å². The first-order valence-electron chi connectivity index (χ1n) is 4.63. The summed E-state index contributed by atoms with van der Waals surface area (Å²) in [5.41, 5.74) is -0.610. The largest absolute Gasteiger partial charge is 0.333 e. The molecular formula is C8H8N2O10. The summed E-state index contributed by atoms with van der Waals surface area (Å²) in [5.74, 6) is -2.57. The normalized spacial score (nSPS) is 11.3. The summed E-state index contributed by atoms with van der Waals surface area (Å²) < 4.78 is 0. The molecule has 0 N–H and O–H groups in total. The van der Waals surface area contributed by atoms with Crippen molar-refractivity contribution in [3.8, 4) is 0 Å². The molecule has 0 aromatic rings. The molecule has 0 amide bonds. The highest BCUT2D eigenvalue weighted by Gasteiger charge is 2.11. The zero-order valence-corrected chi connectivity index (χ0v) is 10.1. The molecule has 0 bridgehead atoms. The summed E-state index contributed by atoms with van der Waals surface area (Å²) in [6.07, 6.45) is 1.32. The lowest BCUT2D eigenvalue weighted by Gasteiger charge is -2.00. The van der Waals surface area contributed by atoms with Crippen molar-refractivity contribution < 1.29 is 39.2 Å². The molecular weight excluding hydrogens is 284 g/mol. The van der Waals surface area contributed by atoms with Gasteiger partial charge in [-0.05, 0) is 13.8 Å². The van der Waals surface area contributed by atoms with Gasteiger partial charge in [0.2, 0.25) is 0 Å². The van der Waals surface area contributed by atoms with Gasteiger partial charge in [0.15, 0.2) is 12.5 Å². The number of hydrogen-bond donors (Lipinski definition) is 0. The number of carbonyl (C=O) groups excluding carboxylic acids is 2. The van der Waals surface area contributed by atoms with Crippen molar-refractivity contribution in [2.75, 3.05) is 0 Å². The van der Waals surface area contributed by atoms with Gasteiger partial charge in [0.25, 0.3) is 0 Å².